The Morgan fingerprint density at radius 2 is 1.80 bits per heavy atom. The number of nitrogens with zero attached hydrogens (tertiary/aromatic N) is 1. The number of nitro groups is 1. The first-order valence-electron chi connectivity index (χ1n) is 7.94. The van der Waals surface area contributed by atoms with Gasteiger partial charge >= 0.3 is 0 Å². The van der Waals surface area contributed by atoms with Crippen LogP contribution in [-0.4, -0.2) is 44.6 Å². The molecule has 0 aromatic heterocycles. The number of hydrogen-bond acceptors (Lipinski definition) is 6. The fraction of sp³-hybridized carbons (Fsp3) is 0.533. The average molecular weight is 370 g/mol. The van der Waals surface area contributed by atoms with E-state index in [-0.39, 0.29) is 29.2 Å². The summed E-state index contributed by atoms with van der Waals surface area (Å²) in [6, 6.07) is 4.09. The minimum atomic E-state index is -3.23. The number of carbonyl (C=O) groups excluding carboxylic acids is 1. The summed E-state index contributed by atoms with van der Waals surface area (Å²) in [6.45, 7) is 0. The van der Waals surface area contributed by atoms with Gasteiger partial charge in [-0.15, -0.1) is 0 Å². The summed E-state index contributed by atoms with van der Waals surface area (Å²) >= 11 is 0. The second kappa shape index (κ2) is 7.79. The molecule has 1 aromatic carbocycles. The second-order valence-corrected chi connectivity index (χ2v) is 7.93. The molecule has 9 nitrogen and oxygen atoms in total. The first-order valence-corrected chi connectivity index (χ1v) is 9.83. The number of carbonyl (C=O) groups is 1. The standard InChI is InChI=1S/C15H22N4O5S/c1-16-13-8-3-10(9-14(13)19(21)22)15(20)17-11-4-6-12(7-5-11)18-25(2,23)24/h3,8-9,11-12,16,18H,4-7H2,1-2H3,(H,17,20). The van der Waals surface area contributed by atoms with Crippen LogP contribution in [0.2, 0.25) is 0 Å². The van der Waals surface area contributed by atoms with Crippen LogP contribution >= 0.6 is 0 Å². The van der Waals surface area contributed by atoms with E-state index < -0.39 is 14.9 Å². The molecule has 25 heavy (non-hydrogen) atoms. The fourth-order valence-corrected chi connectivity index (χ4v) is 3.80. The average Bonchev–Trinajstić information content (AvgIpc) is 2.54. The zero-order chi connectivity index (χ0) is 18.6. The topological polar surface area (TPSA) is 130 Å². The van der Waals surface area contributed by atoms with Crippen molar-refractivity contribution in [3.8, 4) is 0 Å². The maximum absolute atomic E-state index is 12.3. The molecule has 0 aliphatic heterocycles. The van der Waals surface area contributed by atoms with E-state index in [9.17, 15) is 23.3 Å². The van der Waals surface area contributed by atoms with Crippen LogP contribution in [0.3, 0.4) is 0 Å². The number of amides is 1. The van der Waals surface area contributed by atoms with E-state index in [2.05, 4.69) is 15.4 Å². The molecular formula is C15H22N4O5S. The van der Waals surface area contributed by atoms with E-state index in [1.165, 1.54) is 18.2 Å². The lowest BCUT2D eigenvalue weighted by molar-refractivity contribution is -0.384. The van der Waals surface area contributed by atoms with Gasteiger partial charge in [0.2, 0.25) is 10.0 Å². The molecule has 1 fully saturated rings. The van der Waals surface area contributed by atoms with Crippen LogP contribution in [0.5, 0.6) is 0 Å². The third kappa shape index (κ3) is 5.40. The molecule has 138 valence electrons. The summed E-state index contributed by atoms with van der Waals surface area (Å²) in [7, 11) is -1.66. The first kappa shape index (κ1) is 19.1. The maximum atomic E-state index is 12.3. The number of hydrogen-bond donors (Lipinski definition) is 3. The third-order valence-electron chi connectivity index (χ3n) is 4.17. The van der Waals surface area contributed by atoms with E-state index in [1.807, 2.05) is 0 Å². The molecule has 0 unspecified atom stereocenters. The molecule has 1 amide bonds. The Bertz CT molecular complexity index is 757. The summed E-state index contributed by atoms with van der Waals surface area (Å²) in [5.74, 6) is -0.370. The number of sulfonamides is 1. The van der Waals surface area contributed by atoms with Crippen LogP contribution in [0.4, 0.5) is 11.4 Å². The summed E-state index contributed by atoms with van der Waals surface area (Å²) in [6.07, 6.45) is 3.70. The lowest BCUT2D eigenvalue weighted by Gasteiger charge is -2.29. The van der Waals surface area contributed by atoms with Gasteiger partial charge in [-0.3, -0.25) is 14.9 Å². The van der Waals surface area contributed by atoms with E-state index in [0.29, 0.717) is 31.4 Å². The molecule has 0 spiro atoms. The highest BCUT2D eigenvalue weighted by Crippen LogP contribution is 2.25. The Morgan fingerprint density at radius 3 is 2.32 bits per heavy atom. The molecule has 0 bridgehead atoms. The molecule has 1 aliphatic rings. The third-order valence-corrected chi connectivity index (χ3v) is 4.93. The first-order chi connectivity index (χ1) is 11.7. The SMILES string of the molecule is CNc1ccc(C(=O)NC2CCC(NS(C)(=O)=O)CC2)cc1[N+](=O)[O-]. The molecule has 3 N–H and O–H groups in total. The van der Waals surface area contributed by atoms with Gasteiger partial charge in [0, 0.05) is 30.8 Å². The summed E-state index contributed by atoms with van der Waals surface area (Å²) in [4.78, 5) is 22.9. The Balaban J connectivity index is 1.97. The van der Waals surface area contributed by atoms with Gasteiger partial charge in [-0.05, 0) is 37.8 Å². The van der Waals surface area contributed by atoms with E-state index in [1.54, 1.807) is 7.05 Å². The maximum Gasteiger partial charge on any atom is 0.293 e. The van der Waals surface area contributed by atoms with Crippen molar-refractivity contribution >= 4 is 27.3 Å². The zero-order valence-electron chi connectivity index (χ0n) is 14.1. The highest BCUT2D eigenvalue weighted by Gasteiger charge is 2.25. The molecule has 0 radical (unpaired) electrons. The van der Waals surface area contributed by atoms with Crippen molar-refractivity contribution in [3.63, 3.8) is 0 Å². The van der Waals surface area contributed by atoms with Crippen molar-refractivity contribution < 1.29 is 18.1 Å². The Labute approximate surface area is 146 Å². The van der Waals surface area contributed by atoms with Crippen molar-refractivity contribution in [2.75, 3.05) is 18.6 Å². The fourth-order valence-electron chi connectivity index (χ4n) is 2.96. The van der Waals surface area contributed by atoms with Gasteiger partial charge in [0.15, 0.2) is 0 Å². The minimum Gasteiger partial charge on any atom is -0.383 e. The Kier molecular flexibility index (Phi) is 5.96. The molecule has 0 saturated heterocycles. The summed E-state index contributed by atoms with van der Waals surface area (Å²) in [5.41, 5.74) is 0.409. The van der Waals surface area contributed by atoms with Crippen LogP contribution in [-0.2, 0) is 10.0 Å². The predicted octanol–water partition coefficient (Wildman–Crippen LogP) is 1.23. The Morgan fingerprint density at radius 1 is 1.20 bits per heavy atom. The summed E-state index contributed by atoms with van der Waals surface area (Å²) < 4.78 is 25.1. The van der Waals surface area contributed by atoms with Crippen molar-refractivity contribution in [3.05, 3.63) is 33.9 Å². The zero-order valence-corrected chi connectivity index (χ0v) is 14.9. The van der Waals surface area contributed by atoms with E-state index in [0.717, 1.165) is 6.26 Å². The lowest BCUT2D eigenvalue weighted by Crippen LogP contribution is -2.43. The molecular weight excluding hydrogens is 348 g/mol. The van der Waals surface area contributed by atoms with Gasteiger partial charge < -0.3 is 10.6 Å². The monoisotopic (exact) mass is 370 g/mol. The van der Waals surface area contributed by atoms with Crippen molar-refractivity contribution in [2.24, 2.45) is 0 Å². The largest absolute Gasteiger partial charge is 0.383 e. The number of benzene rings is 1. The van der Waals surface area contributed by atoms with Crippen LogP contribution in [0.1, 0.15) is 36.0 Å². The van der Waals surface area contributed by atoms with Crippen LogP contribution in [0.15, 0.2) is 18.2 Å². The van der Waals surface area contributed by atoms with Crippen molar-refractivity contribution in [2.45, 2.75) is 37.8 Å². The van der Waals surface area contributed by atoms with E-state index >= 15 is 0 Å². The van der Waals surface area contributed by atoms with Crippen LogP contribution in [0, 0.1) is 10.1 Å². The normalized spacial score (nSPS) is 20.7. The van der Waals surface area contributed by atoms with Gasteiger partial charge in [-0.1, -0.05) is 0 Å². The van der Waals surface area contributed by atoms with Gasteiger partial charge in [0.25, 0.3) is 11.6 Å². The molecule has 2 rings (SSSR count). The molecule has 0 atom stereocenters. The molecule has 0 heterocycles. The van der Waals surface area contributed by atoms with Crippen molar-refractivity contribution in [1.82, 2.24) is 10.0 Å². The minimum absolute atomic E-state index is 0.0758. The lowest BCUT2D eigenvalue weighted by atomic mass is 9.91. The summed E-state index contributed by atoms with van der Waals surface area (Å²) in [5, 5.41) is 16.7. The van der Waals surface area contributed by atoms with Gasteiger partial charge in [-0.2, -0.15) is 0 Å². The van der Waals surface area contributed by atoms with Crippen LogP contribution in [0.25, 0.3) is 0 Å². The van der Waals surface area contributed by atoms with Gasteiger partial charge in [0.1, 0.15) is 5.69 Å². The van der Waals surface area contributed by atoms with Gasteiger partial charge in [0.05, 0.1) is 11.2 Å². The highest BCUT2D eigenvalue weighted by atomic mass is 32.2. The Hall–Kier alpha value is -2.20. The number of rotatable bonds is 6. The van der Waals surface area contributed by atoms with Gasteiger partial charge in [-0.25, -0.2) is 13.1 Å². The smallest absolute Gasteiger partial charge is 0.293 e. The van der Waals surface area contributed by atoms with Crippen molar-refractivity contribution in [1.29, 1.82) is 0 Å². The second-order valence-electron chi connectivity index (χ2n) is 6.15. The predicted molar refractivity (Wildman–Crippen MR) is 94.1 cm³/mol. The number of nitro benzene ring substituents is 1. The number of anilines is 1. The van der Waals surface area contributed by atoms with Crippen LogP contribution < -0.4 is 15.4 Å². The molecule has 1 saturated carbocycles. The quantitative estimate of drug-likeness (QED) is 0.510. The molecule has 10 heteroatoms. The number of nitrogens with one attached hydrogen (secondary N) is 3. The van der Waals surface area contributed by atoms with E-state index in [4.69, 9.17) is 0 Å². The molecule has 1 aliphatic carbocycles. The highest BCUT2D eigenvalue weighted by molar-refractivity contribution is 7.88. The molecule has 1 aromatic rings.